The van der Waals surface area contributed by atoms with Crippen LogP contribution >= 0.6 is 111 Å². The SMILES string of the molecule is CCOC(=O)c1cc2sc(-c3ccsc3)c(-c3ccsc3)c2s1.CCOC(=O)c1cc2sc(Br)c(Br)c2s1.OB(O)c1ccsc1. The Morgan fingerprint density at radius 2 is 1.28 bits per heavy atom. The van der Waals surface area contributed by atoms with Crippen LogP contribution in [0.4, 0.5) is 0 Å². The van der Waals surface area contributed by atoms with Crippen molar-refractivity contribution in [2.45, 2.75) is 13.8 Å². The third-order valence-electron chi connectivity index (χ3n) is 6.02. The first-order chi connectivity index (χ1) is 22.2. The molecule has 0 saturated heterocycles. The van der Waals surface area contributed by atoms with Gasteiger partial charge in [-0.05, 0) is 113 Å². The van der Waals surface area contributed by atoms with E-state index in [1.54, 1.807) is 69.1 Å². The molecule has 0 saturated carbocycles. The first kappa shape index (κ1) is 35.6. The van der Waals surface area contributed by atoms with Crippen LogP contribution in [-0.2, 0) is 9.47 Å². The van der Waals surface area contributed by atoms with Crippen molar-refractivity contribution in [3.8, 4) is 21.6 Å². The van der Waals surface area contributed by atoms with Crippen molar-refractivity contribution in [3.05, 3.63) is 80.6 Å². The molecule has 0 fully saturated rings. The highest BCUT2D eigenvalue weighted by Crippen LogP contribution is 2.49. The average Bonchev–Trinajstić information content (AvgIpc) is 3.88. The number of esters is 2. The van der Waals surface area contributed by atoms with Gasteiger partial charge in [0.2, 0.25) is 0 Å². The van der Waals surface area contributed by atoms with Gasteiger partial charge in [-0.15, -0.1) is 45.3 Å². The molecule has 0 spiro atoms. The Hall–Kier alpha value is -1.70. The monoisotopic (exact) mass is 872 g/mol. The number of halogens is 2. The van der Waals surface area contributed by atoms with E-state index in [4.69, 9.17) is 19.5 Å². The van der Waals surface area contributed by atoms with E-state index < -0.39 is 7.12 Å². The molecule has 0 aliphatic rings. The topological polar surface area (TPSA) is 93.1 Å². The largest absolute Gasteiger partial charge is 0.489 e. The van der Waals surface area contributed by atoms with Gasteiger partial charge in [-0.2, -0.15) is 34.0 Å². The lowest BCUT2D eigenvalue weighted by Gasteiger charge is -2.01. The molecule has 0 unspecified atom stereocenters. The van der Waals surface area contributed by atoms with Crippen LogP contribution in [0.15, 0.2) is 70.9 Å². The molecular formula is C30H23BBr2O6S7. The average molecular weight is 875 g/mol. The maximum absolute atomic E-state index is 12.0. The van der Waals surface area contributed by atoms with Crippen molar-refractivity contribution in [3.63, 3.8) is 0 Å². The van der Waals surface area contributed by atoms with Crippen molar-refractivity contribution < 1.29 is 29.1 Å². The molecule has 7 rings (SSSR count). The Balaban J connectivity index is 0.000000155. The number of hydrogen-bond acceptors (Lipinski definition) is 13. The molecule has 0 radical (unpaired) electrons. The van der Waals surface area contributed by atoms with Crippen LogP contribution in [0, 0.1) is 0 Å². The van der Waals surface area contributed by atoms with Crippen LogP contribution < -0.4 is 5.46 Å². The van der Waals surface area contributed by atoms with Crippen LogP contribution in [0.3, 0.4) is 0 Å². The summed E-state index contributed by atoms with van der Waals surface area (Å²) in [5.41, 5.74) is 4.28. The van der Waals surface area contributed by atoms with Gasteiger partial charge in [0.25, 0.3) is 0 Å². The van der Waals surface area contributed by atoms with E-state index in [0.717, 1.165) is 22.4 Å². The van der Waals surface area contributed by atoms with Gasteiger partial charge in [0.1, 0.15) is 9.75 Å². The third kappa shape index (κ3) is 8.29. The molecule has 0 aliphatic heterocycles. The van der Waals surface area contributed by atoms with Crippen LogP contribution in [-0.4, -0.2) is 42.3 Å². The van der Waals surface area contributed by atoms with Gasteiger partial charge in [0, 0.05) is 25.4 Å². The molecule has 238 valence electrons. The summed E-state index contributed by atoms with van der Waals surface area (Å²) in [7, 11) is -1.30. The normalized spacial score (nSPS) is 10.7. The molecule has 0 amide bonds. The van der Waals surface area contributed by atoms with Gasteiger partial charge >= 0.3 is 19.1 Å². The zero-order chi connectivity index (χ0) is 32.8. The second-order valence-corrected chi connectivity index (χ2v) is 17.7. The van der Waals surface area contributed by atoms with E-state index in [2.05, 4.69) is 65.5 Å². The highest BCUT2D eigenvalue weighted by molar-refractivity contribution is 9.13. The smallest absolute Gasteiger partial charge is 0.462 e. The fourth-order valence-electron chi connectivity index (χ4n) is 4.02. The van der Waals surface area contributed by atoms with Gasteiger partial charge in [-0.25, -0.2) is 9.59 Å². The summed E-state index contributed by atoms with van der Waals surface area (Å²) in [6, 6.07) is 9.82. The highest BCUT2D eigenvalue weighted by atomic mass is 79.9. The van der Waals surface area contributed by atoms with Gasteiger partial charge < -0.3 is 19.5 Å². The predicted molar refractivity (Wildman–Crippen MR) is 207 cm³/mol. The van der Waals surface area contributed by atoms with Crippen molar-refractivity contribution in [1.82, 2.24) is 0 Å². The van der Waals surface area contributed by atoms with Crippen LogP contribution in [0.1, 0.15) is 33.2 Å². The van der Waals surface area contributed by atoms with Crippen LogP contribution in [0.5, 0.6) is 0 Å². The molecule has 7 heterocycles. The van der Waals surface area contributed by atoms with E-state index in [1.165, 1.54) is 60.3 Å². The van der Waals surface area contributed by atoms with Gasteiger partial charge in [0.05, 0.1) is 30.9 Å². The maximum atomic E-state index is 12.0. The quantitative estimate of drug-likeness (QED) is 0.122. The van der Waals surface area contributed by atoms with Gasteiger partial charge in [-0.1, -0.05) is 6.07 Å². The predicted octanol–water partition coefficient (Wildman–Crippen LogP) is 10.7. The molecule has 16 heteroatoms. The van der Waals surface area contributed by atoms with Crippen molar-refractivity contribution >= 4 is 155 Å². The number of fused-ring (bicyclic) bond motifs is 2. The summed E-state index contributed by atoms with van der Waals surface area (Å²) >= 11 is 18.1. The fourth-order valence-corrected chi connectivity index (χ4v) is 12.3. The molecule has 0 aromatic carbocycles. The lowest BCUT2D eigenvalue weighted by Crippen LogP contribution is -2.27. The molecule has 0 atom stereocenters. The van der Waals surface area contributed by atoms with E-state index in [9.17, 15) is 9.59 Å². The maximum Gasteiger partial charge on any atom is 0.489 e. The summed E-state index contributed by atoms with van der Waals surface area (Å²) in [5, 5.41) is 29.0. The van der Waals surface area contributed by atoms with E-state index in [0.29, 0.717) is 28.4 Å². The zero-order valence-corrected chi connectivity index (χ0v) is 32.9. The Bertz CT molecular complexity index is 2020. The minimum absolute atomic E-state index is 0.228. The van der Waals surface area contributed by atoms with Crippen molar-refractivity contribution in [1.29, 1.82) is 0 Å². The number of carbonyl (C=O) groups excluding carboxylic acids is 2. The van der Waals surface area contributed by atoms with Crippen molar-refractivity contribution in [2.24, 2.45) is 0 Å². The number of hydrogen-bond donors (Lipinski definition) is 2. The second-order valence-electron chi connectivity index (χ2n) is 9.00. The molecule has 46 heavy (non-hydrogen) atoms. The zero-order valence-electron chi connectivity index (χ0n) is 24.0. The Morgan fingerprint density at radius 3 is 1.76 bits per heavy atom. The summed E-state index contributed by atoms with van der Waals surface area (Å²) in [6.45, 7) is 4.46. The number of carbonyl (C=O) groups is 2. The second kappa shape index (κ2) is 16.6. The highest BCUT2D eigenvalue weighted by Gasteiger charge is 2.21. The Kier molecular flexibility index (Phi) is 12.9. The van der Waals surface area contributed by atoms with Gasteiger partial charge in [0.15, 0.2) is 0 Å². The van der Waals surface area contributed by atoms with E-state index in [-0.39, 0.29) is 11.9 Å². The van der Waals surface area contributed by atoms with E-state index in [1.807, 2.05) is 19.1 Å². The summed E-state index contributed by atoms with van der Waals surface area (Å²) in [4.78, 5) is 26.1. The minimum atomic E-state index is -1.30. The van der Waals surface area contributed by atoms with E-state index >= 15 is 0 Å². The Morgan fingerprint density at radius 1 is 0.739 bits per heavy atom. The molecule has 2 N–H and O–H groups in total. The summed E-state index contributed by atoms with van der Waals surface area (Å²) in [5.74, 6) is -0.469. The number of ether oxygens (including phenoxy) is 2. The first-order valence-corrected chi connectivity index (χ1v) is 21.1. The van der Waals surface area contributed by atoms with Gasteiger partial charge in [-0.3, -0.25) is 0 Å². The van der Waals surface area contributed by atoms with Crippen LogP contribution in [0.25, 0.3) is 40.4 Å². The summed E-state index contributed by atoms with van der Waals surface area (Å²) in [6.07, 6.45) is 0. The van der Waals surface area contributed by atoms with Crippen molar-refractivity contribution in [2.75, 3.05) is 13.2 Å². The lowest BCUT2D eigenvalue weighted by atomic mass is 9.83. The minimum Gasteiger partial charge on any atom is -0.462 e. The Labute approximate surface area is 309 Å². The molecule has 7 aromatic rings. The first-order valence-electron chi connectivity index (χ1n) is 13.4. The molecule has 6 nitrogen and oxygen atoms in total. The molecule has 0 aliphatic carbocycles. The molecule has 0 bridgehead atoms. The van der Waals surface area contributed by atoms with Crippen LogP contribution in [0.2, 0.25) is 0 Å². The fraction of sp³-hybridized carbons (Fsp3) is 0.133. The standard InChI is InChI=1S/C17H12O2S4.C9H6Br2O2S2.C4H5BO2S/c1-2-19-17(18)13-7-12-16(23-13)14(10-3-5-20-8-10)15(22-12)11-4-6-21-9-11;1-2-13-9(12)5-3-4-7(14-5)6(10)8(11)15-4;6-5(7)4-1-2-8-3-4/h3-9H,2H2,1H3;3H,2H2,1H3;1-3,6-7H. The molecule has 7 aromatic heterocycles. The number of rotatable bonds is 7. The summed E-state index contributed by atoms with van der Waals surface area (Å²) < 4.78 is 16.7. The number of thiophene rings is 7. The molecular weight excluding hydrogens is 851 g/mol. The third-order valence-corrected chi connectivity index (χ3v) is 15.5. The lowest BCUT2D eigenvalue weighted by molar-refractivity contribution is 0.0522.